The van der Waals surface area contributed by atoms with Gasteiger partial charge in [-0.25, -0.2) is 18.5 Å². The summed E-state index contributed by atoms with van der Waals surface area (Å²) in [5.74, 6) is 0.865. The van der Waals surface area contributed by atoms with Crippen LogP contribution in [0.25, 0.3) is 11.0 Å². The van der Waals surface area contributed by atoms with Gasteiger partial charge in [0.2, 0.25) is 0 Å². The Labute approximate surface area is 163 Å². The second-order valence-electron chi connectivity index (χ2n) is 7.41. The van der Waals surface area contributed by atoms with Gasteiger partial charge in [-0.15, -0.1) is 0 Å². The number of nitrogens with one attached hydrogen (secondary N) is 1. The summed E-state index contributed by atoms with van der Waals surface area (Å²) >= 11 is 0. The monoisotopic (exact) mass is 417 g/mol. The van der Waals surface area contributed by atoms with Crippen LogP contribution in [-0.2, 0) is 9.73 Å². The minimum atomic E-state index is -4.30. The SMILES string of the molecule is CN=S(=O)(CCC(F)(F)F)CC1CCC(N(C)c2ncnc3[nH]ccc23)CC1. The van der Waals surface area contributed by atoms with Crippen molar-refractivity contribution in [3.63, 3.8) is 0 Å². The van der Waals surface area contributed by atoms with Gasteiger partial charge < -0.3 is 9.88 Å². The zero-order valence-electron chi connectivity index (χ0n) is 16.1. The molecule has 1 aliphatic rings. The van der Waals surface area contributed by atoms with Crippen molar-refractivity contribution in [2.75, 3.05) is 30.5 Å². The fourth-order valence-corrected chi connectivity index (χ4v) is 6.02. The quantitative estimate of drug-likeness (QED) is 0.771. The van der Waals surface area contributed by atoms with Gasteiger partial charge in [-0.05, 0) is 37.7 Å². The van der Waals surface area contributed by atoms with Crippen molar-refractivity contribution in [3.8, 4) is 0 Å². The maximum Gasteiger partial charge on any atom is 0.390 e. The largest absolute Gasteiger partial charge is 0.390 e. The van der Waals surface area contributed by atoms with E-state index in [0.29, 0.717) is 0 Å². The van der Waals surface area contributed by atoms with E-state index >= 15 is 0 Å². The molecule has 2 aromatic heterocycles. The fraction of sp³-hybridized carbons (Fsp3) is 0.667. The summed E-state index contributed by atoms with van der Waals surface area (Å²) in [5.41, 5.74) is 0.791. The summed E-state index contributed by atoms with van der Waals surface area (Å²) in [7, 11) is 0.574. The van der Waals surface area contributed by atoms with E-state index in [2.05, 4.69) is 24.2 Å². The van der Waals surface area contributed by atoms with Crippen LogP contribution in [0.2, 0.25) is 0 Å². The molecule has 0 saturated heterocycles. The van der Waals surface area contributed by atoms with Crippen molar-refractivity contribution >= 4 is 26.6 Å². The van der Waals surface area contributed by atoms with Crippen molar-refractivity contribution in [3.05, 3.63) is 18.6 Å². The van der Waals surface area contributed by atoms with Gasteiger partial charge in [0.05, 0.1) is 11.8 Å². The van der Waals surface area contributed by atoms with E-state index in [0.717, 1.165) is 42.5 Å². The highest BCUT2D eigenvalue weighted by atomic mass is 32.2. The highest BCUT2D eigenvalue weighted by molar-refractivity contribution is 7.93. The number of hydrogen-bond donors (Lipinski definition) is 1. The molecule has 0 aliphatic heterocycles. The lowest BCUT2D eigenvalue weighted by Crippen LogP contribution is -2.37. The minimum absolute atomic E-state index is 0.145. The highest BCUT2D eigenvalue weighted by Crippen LogP contribution is 2.32. The van der Waals surface area contributed by atoms with Gasteiger partial charge in [0.15, 0.2) is 0 Å². The Balaban J connectivity index is 1.59. The first-order chi connectivity index (χ1) is 13.2. The van der Waals surface area contributed by atoms with Crippen molar-refractivity contribution in [2.24, 2.45) is 10.3 Å². The summed E-state index contributed by atoms with van der Waals surface area (Å²) < 4.78 is 54.1. The van der Waals surface area contributed by atoms with Crippen LogP contribution >= 0.6 is 0 Å². The zero-order valence-corrected chi connectivity index (χ0v) is 16.9. The maximum atomic E-state index is 12.7. The summed E-state index contributed by atoms with van der Waals surface area (Å²) in [6.07, 6.45) is 1.46. The van der Waals surface area contributed by atoms with Crippen LogP contribution in [0.5, 0.6) is 0 Å². The molecule has 1 unspecified atom stereocenters. The van der Waals surface area contributed by atoms with Gasteiger partial charge in [0.1, 0.15) is 17.8 Å². The van der Waals surface area contributed by atoms with Gasteiger partial charge in [-0.3, -0.25) is 0 Å². The first-order valence-electron chi connectivity index (χ1n) is 9.39. The molecule has 0 spiro atoms. The van der Waals surface area contributed by atoms with Crippen LogP contribution in [0.1, 0.15) is 32.1 Å². The highest BCUT2D eigenvalue weighted by Gasteiger charge is 2.32. The molecule has 2 heterocycles. The molecule has 1 aliphatic carbocycles. The Kier molecular flexibility index (Phi) is 6.16. The molecule has 0 bridgehead atoms. The number of nitrogens with zero attached hydrogens (tertiary/aromatic N) is 4. The lowest BCUT2D eigenvalue weighted by atomic mass is 9.86. The number of rotatable bonds is 6. The second kappa shape index (κ2) is 8.26. The minimum Gasteiger partial charge on any atom is -0.356 e. The number of H-pyrrole nitrogens is 1. The first-order valence-corrected chi connectivity index (χ1v) is 11.2. The van der Waals surface area contributed by atoms with E-state index in [9.17, 15) is 17.4 Å². The third kappa shape index (κ3) is 4.95. The van der Waals surface area contributed by atoms with E-state index in [1.807, 2.05) is 19.3 Å². The molecular formula is C18H26F3N5OS. The Hall–Kier alpha value is -1.84. The molecule has 10 heteroatoms. The predicted molar refractivity (Wildman–Crippen MR) is 105 cm³/mol. The zero-order chi connectivity index (χ0) is 20.4. The Morgan fingerprint density at radius 1 is 1.29 bits per heavy atom. The summed E-state index contributed by atoms with van der Waals surface area (Å²) in [5, 5.41) is 0.965. The molecule has 6 nitrogen and oxygen atoms in total. The third-order valence-electron chi connectivity index (χ3n) is 5.56. The maximum absolute atomic E-state index is 12.7. The van der Waals surface area contributed by atoms with E-state index < -0.39 is 28.1 Å². The van der Waals surface area contributed by atoms with Gasteiger partial charge >= 0.3 is 6.18 Å². The topological polar surface area (TPSA) is 74.2 Å². The van der Waals surface area contributed by atoms with Gasteiger partial charge in [0.25, 0.3) is 0 Å². The summed E-state index contributed by atoms with van der Waals surface area (Å²) in [4.78, 5) is 13.9. The number of hydrogen-bond acceptors (Lipinski definition) is 5. The smallest absolute Gasteiger partial charge is 0.356 e. The van der Waals surface area contributed by atoms with E-state index in [1.54, 1.807) is 0 Å². The van der Waals surface area contributed by atoms with Crippen LogP contribution in [0, 0.1) is 5.92 Å². The number of halogens is 3. The molecule has 1 saturated carbocycles. The van der Waals surface area contributed by atoms with E-state index in [-0.39, 0.29) is 17.7 Å². The van der Waals surface area contributed by atoms with Crippen LogP contribution in [-0.4, -0.2) is 57.0 Å². The fourth-order valence-electron chi connectivity index (χ4n) is 3.90. The number of alkyl halides is 3. The first kappa shape index (κ1) is 20.9. The standard InChI is InChI=1S/C18H26F3N5OS/c1-22-28(27,10-8-18(19,20)21)11-13-3-5-14(6-4-13)26(2)17-15-7-9-23-16(15)24-12-25-17/h7,9,12-14H,3-6,8,10-11H2,1-2H3,(H,23,24,25). The third-order valence-corrected chi connectivity index (χ3v) is 8.06. The summed E-state index contributed by atoms with van der Waals surface area (Å²) in [6.45, 7) is 0. The lowest BCUT2D eigenvalue weighted by molar-refractivity contribution is -0.129. The van der Waals surface area contributed by atoms with Crippen LogP contribution in [0.3, 0.4) is 0 Å². The number of aromatic amines is 1. The Morgan fingerprint density at radius 3 is 2.64 bits per heavy atom. The van der Waals surface area contributed by atoms with Crippen LogP contribution in [0.15, 0.2) is 23.0 Å². The summed E-state index contributed by atoms with van der Waals surface area (Å²) in [6, 6.07) is 2.24. The van der Waals surface area contributed by atoms with Crippen LogP contribution in [0.4, 0.5) is 19.0 Å². The average Bonchev–Trinajstić information content (AvgIpc) is 3.15. The van der Waals surface area contributed by atoms with E-state index in [4.69, 9.17) is 0 Å². The van der Waals surface area contributed by atoms with Crippen molar-refractivity contribution < 1.29 is 17.4 Å². The van der Waals surface area contributed by atoms with Gasteiger partial charge in [0, 0.05) is 47.6 Å². The average molecular weight is 418 g/mol. The normalized spacial score (nSPS) is 22.8. The Bertz CT molecular complexity index is 911. The van der Waals surface area contributed by atoms with Gasteiger partial charge in [-0.1, -0.05) is 0 Å². The van der Waals surface area contributed by atoms with E-state index in [1.165, 1.54) is 13.4 Å². The van der Waals surface area contributed by atoms with Crippen molar-refractivity contribution in [1.29, 1.82) is 0 Å². The van der Waals surface area contributed by atoms with Crippen molar-refractivity contribution in [1.82, 2.24) is 15.0 Å². The molecule has 0 amide bonds. The molecule has 0 radical (unpaired) electrons. The number of aromatic nitrogens is 3. The molecule has 0 aromatic carbocycles. The predicted octanol–water partition coefficient (Wildman–Crippen LogP) is 4.00. The molecular weight excluding hydrogens is 391 g/mol. The molecule has 2 aromatic rings. The molecule has 3 rings (SSSR count). The van der Waals surface area contributed by atoms with Crippen LogP contribution < -0.4 is 4.90 Å². The van der Waals surface area contributed by atoms with Crippen molar-refractivity contribution in [2.45, 2.75) is 44.3 Å². The number of fused-ring (bicyclic) bond motifs is 1. The molecule has 1 N–H and O–H groups in total. The number of anilines is 1. The molecule has 28 heavy (non-hydrogen) atoms. The molecule has 156 valence electrons. The Morgan fingerprint density at radius 2 is 2.00 bits per heavy atom. The van der Waals surface area contributed by atoms with Gasteiger partial charge in [-0.2, -0.15) is 13.2 Å². The second-order valence-corrected chi connectivity index (χ2v) is 10.1. The molecule has 1 fully saturated rings. The molecule has 1 atom stereocenters. The lowest BCUT2D eigenvalue weighted by Gasteiger charge is -2.35.